The first-order valence-electron chi connectivity index (χ1n) is 6.08. The number of unbranched alkanes of at least 4 members (excludes halogenated alkanes) is 1. The highest BCUT2D eigenvalue weighted by Gasteiger charge is 2.14. The SMILES string of the molecule is CCCCS(=O)(=O)ONC(=O)Cc1ccc(Br)cc1N. The molecule has 112 valence electrons. The lowest BCUT2D eigenvalue weighted by Crippen LogP contribution is -2.29. The third kappa shape index (κ3) is 5.89. The summed E-state index contributed by atoms with van der Waals surface area (Å²) in [6.07, 6.45) is 1.16. The number of hydrogen-bond acceptors (Lipinski definition) is 5. The molecule has 0 aliphatic heterocycles. The van der Waals surface area contributed by atoms with E-state index < -0.39 is 16.0 Å². The van der Waals surface area contributed by atoms with Crippen molar-refractivity contribution in [3.63, 3.8) is 0 Å². The van der Waals surface area contributed by atoms with Gasteiger partial charge in [0.15, 0.2) is 0 Å². The Labute approximate surface area is 126 Å². The molecule has 1 amide bonds. The van der Waals surface area contributed by atoms with Crippen LogP contribution in [-0.2, 0) is 25.6 Å². The molecule has 3 N–H and O–H groups in total. The van der Waals surface area contributed by atoms with Gasteiger partial charge in [-0.3, -0.25) is 4.79 Å². The lowest BCUT2D eigenvalue weighted by Gasteiger charge is -2.08. The van der Waals surface area contributed by atoms with Crippen LogP contribution in [0.4, 0.5) is 5.69 Å². The van der Waals surface area contributed by atoms with Crippen LogP contribution in [0.25, 0.3) is 0 Å². The molecule has 6 nitrogen and oxygen atoms in total. The van der Waals surface area contributed by atoms with Gasteiger partial charge < -0.3 is 5.73 Å². The normalized spacial score (nSPS) is 11.3. The lowest BCUT2D eigenvalue weighted by atomic mass is 10.1. The van der Waals surface area contributed by atoms with Crippen LogP contribution in [0.1, 0.15) is 25.3 Å². The minimum atomic E-state index is -3.72. The van der Waals surface area contributed by atoms with Crippen molar-refractivity contribution < 1.29 is 17.5 Å². The third-order valence-electron chi connectivity index (χ3n) is 2.49. The van der Waals surface area contributed by atoms with E-state index in [1.807, 2.05) is 12.4 Å². The first kappa shape index (κ1) is 16.9. The number of nitrogens with two attached hydrogens (primary N) is 1. The standard InChI is InChI=1S/C12H17BrN2O4S/c1-2-3-6-20(17,18)19-15-12(16)7-9-4-5-10(13)8-11(9)14/h4-5,8H,2-3,6-7,14H2,1H3,(H,15,16). The molecule has 0 atom stereocenters. The number of carbonyl (C=O) groups is 1. The van der Waals surface area contributed by atoms with Gasteiger partial charge in [0.05, 0.1) is 12.2 Å². The first-order valence-corrected chi connectivity index (χ1v) is 8.45. The fraction of sp³-hybridized carbons (Fsp3) is 0.417. The van der Waals surface area contributed by atoms with Crippen LogP contribution < -0.4 is 11.2 Å². The van der Waals surface area contributed by atoms with Crippen LogP contribution in [0.3, 0.4) is 0 Å². The van der Waals surface area contributed by atoms with E-state index in [2.05, 4.69) is 20.2 Å². The van der Waals surface area contributed by atoms with Crippen molar-refractivity contribution in [2.24, 2.45) is 0 Å². The third-order valence-corrected chi connectivity index (χ3v) is 4.11. The monoisotopic (exact) mass is 364 g/mol. The fourth-order valence-electron chi connectivity index (χ4n) is 1.41. The number of rotatable bonds is 7. The second-order valence-electron chi connectivity index (χ2n) is 4.24. The van der Waals surface area contributed by atoms with Gasteiger partial charge in [-0.05, 0) is 24.1 Å². The van der Waals surface area contributed by atoms with Crippen LogP contribution in [0.5, 0.6) is 0 Å². The summed E-state index contributed by atoms with van der Waals surface area (Å²) in [5.74, 6) is -0.691. The van der Waals surface area contributed by atoms with E-state index in [1.165, 1.54) is 0 Å². The summed E-state index contributed by atoms with van der Waals surface area (Å²) in [6.45, 7) is 1.87. The number of carbonyl (C=O) groups excluding carboxylic acids is 1. The average Bonchev–Trinajstić information content (AvgIpc) is 2.38. The number of benzene rings is 1. The molecule has 0 fully saturated rings. The summed E-state index contributed by atoms with van der Waals surface area (Å²) in [6, 6.07) is 5.10. The largest absolute Gasteiger partial charge is 0.398 e. The molecule has 0 bridgehead atoms. The fourth-order valence-corrected chi connectivity index (χ4v) is 2.73. The number of hydroxylamine groups is 1. The Kier molecular flexibility index (Phi) is 6.44. The van der Waals surface area contributed by atoms with Crippen LogP contribution >= 0.6 is 15.9 Å². The zero-order valence-corrected chi connectivity index (χ0v) is 13.5. The van der Waals surface area contributed by atoms with Crippen molar-refractivity contribution in [3.8, 4) is 0 Å². The molecule has 1 aromatic carbocycles. The molecule has 0 spiro atoms. The quantitative estimate of drug-likeness (QED) is 0.567. The van der Waals surface area contributed by atoms with Gasteiger partial charge in [0.2, 0.25) is 5.91 Å². The predicted molar refractivity (Wildman–Crippen MR) is 80.2 cm³/mol. The molecule has 20 heavy (non-hydrogen) atoms. The molecule has 0 unspecified atom stereocenters. The minimum absolute atomic E-state index is 0.0532. The van der Waals surface area contributed by atoms with Crippen LogP contribution in [-0.4, -0.2) is 20.1 Å². The summed E-state index contributed by atoms with van der Waals surface area (Å²) in [5.41, 5.74) is 8.72. The molecule has 0 heterocycles. The van der Waals surface area contributed by atoms with Crippen molar-refractivity contribution >= 4 is 37.6 Å². The zero-order valence-electron chi connectivity index (χ0n) is 11.1. The van der Waals surface area contributed by atoms with Crippen LogP contribution in [0.2, 0.25) is 0 Å². The van der Waals surface area contributed by atoms with E-state index in [0.717, 1.165) is 10.9 Å². The lowest BCUT2D eigenvalue weighted by molar-refractivity contribution is -0.126. The van der Waals surface area contributed by atoms with Gasteiger partial charge in [0, 0.05) is 10.2 Å². The van der Waals surface area contributed by atoms with Gasteiger partial charge in [-0.15, -0.1) is 4.28 Å². The second-order valence-corrected chi connectivity index (χ2v) is 6.85. The van der Waals surface area contributed by atoms with Gasteiger partial charge in [-0.1, -0.05) is 35.3 Å². The molecular weight excluding hydrogens is 348 g/mol. The Hall–Kier alpha value is -1.12. The summed E-state index contributed by atoms with van der Waals surface area (Å²) >= 11 is 3.26. The molecule has 1 rings (SSSR count). The van der Waals surface area contributed by atoms with E-state index in [-0.39, 0.29) is 12.2 Å². The number of nitrogen functional groups attached to an aromatic ring is 1. The van der Waals surface area contributed by atoms with Gasteiger partial charge in [0.25, 0.3) is 10.1 Å². The molecule has 0 radical (unpaired) electrons. The highest BCUT2D eigenvalue weighted by Crippen LogP contribution is 2.18. The Morgan fingerprint density at radius 1 is 1.45 bits per heavy atom. The molecular formula is C12H17BrN2O4S. The summed E-state index contributed by atoms with van der Waals surface area (Å²) < 4.78 is 28.0. The summed E-state index contributed by atoms with van der Waals surface area (Å²) in [4.78, 5) is 11.6. The molecule has 0 saturated heterocycles. The summed E-state index contributed by atoms with van der Waals surface area (Å²) in [7, 11) is -3.72. The van der Waals surface area contributed by atoms with Crippen molar-refractivity contribution in [2.45, 2.75) is 26.2 Å². The number of nitrogens with one attached hydrogen (secondary N) is 1. The van der Waals surface area contributed by atoms with Crippen molar-refractivity contribution in [3.05, 3.63) is 28.2 Å². The van der Waals surface area contributed by atoms with E-state index in [9.17, 15) is 13.2 Å². The van der Waals surface area contributed by atoms with Crippen LogP contribution in [0.15, 0.2) is 22.7 Å². The highest BCUT2D eigenvalue weighted by molar-refractivity contribution is 9.10. The van der Waals surface area contributed by atoms with E-state index in [1.54, 1.807) is 18.2 Å². The topological polar surface area (TPSA) is 98.5 Å². The smallest absolute Gasteiger partial charge is 0.287 e. The number of hydrogen-bond donors (Lipinski definition) is 2. The second kappa shape index (κ2) is 7.61. The molecule has 0 aliphatic rings. The van der Waals surface area contributed by atoms with Gasteiger partial charge >= 0.3 is 0 Å². The van der Waals surface area contributed by atoms with Crippen molar-refractivity contribution in [1.29, 1.82) is 0 Å². The summed E-state index contributed by atoms with van der Waals surface area (Å²) in [5, 5.41) is 0. The maximum Gasteiger partial charge on any atom is 0.287 e. The van der Waals surface area contributed by atoms with E-state index >= 15 is 0 Å². The minimum Gasteiger partial charge on any atom is -0.398 e. The Bertz CT molecular complexity index is 575. The van der Waals surface area contributed by atoms with E-state index in [4.69, 9.17) is 5.73 Å². The number of halogens is 1. The Morgan fingerprint density at radius 2 is 2.15 bits per heavy atom. The molecule has 0 saturated carbocycles. The first-order chi connectivity index (χ1) is 9.34. The van der Waals surface area contributed by atoms with Gasteiger partial charge in [-0.2, -0.15) is 8.42 Å². The molecule has 1 aromatic rings. The van der Waals surface area contributed by atoms with Crippen molar-refractivity contribution in [1.82, 2.24) is 5.48 Å². The van der Waals surface area contributed by atoms with E-state index in [0.29, 0.717) is 17.7 Å². The van der Waals surface area contributed by atoms with Crippen LogP contribution in [0, 0.1) is 0 Å². The number of amides is 1. The average molecular weight is 365 g/mol. The Balaban J connectivity index is 2.52. The molecule has 0 aliphatic carbocycles. The highest BCUT2D eigenvalue weighted by atomic mass is 79.9. The zero-order chi connectivity index (χ0) is 15.2. The molecule has 8 heteroatoms. The maximum atomic E-state index is 11.6. The molecule has 0 aromatic heterocycles. The maximum absolute atomic E-state index is 11.6. The van der Waals surface area contributed by atoms with Crippen molar-refractivity contribution in [2.75, 3.05) is 11.5 Å². The predicted octanol–water partition coefficient (Wildman–Crippen LogP) is 1.75. The number of anilines is 1. The van der Waals surface area contributed by atoms with Gasteiger partial charge in [0.1, 0.15) is 0 Å². The van der Waals surface area contributed by atoms with Gasteiger partial charge in [-0.25, -0.2) is 5.48 Å². The Morgan fingerprint density at radius 3 is 2.75 bits per heavy atom.